The molecule has 0 unspecified atom stereocenters. The fourth-order valence-corrected chi connectivity index (χ4v) is 2.59. The predicted molar refractivity (Wildman–Crippen MR) is 106 cm³/mol. The highest BCUT2D eigenvalue weighted by molar-refractivity contribution is 5.79. The Hall–Kier alpha value is -2.36. The van der Waals surface area contributed by atoms with Crippen LogP contribution in [0.15, 0.2) is 47.6 Å². The van der Waals surface area contributed by atoms with Crippen molar-refractivity contribution in [3.05, 3.63) is 65.0 Å². The van der Waals surface area contributed by atoms with Gasteiger partial charge in [0, 0.05) is 19.8 Å². The van der Waals surface area contributed by atoms with Crippen molar-refractivity contribution < 1.29 is 0 Å². The summed E-state index contributed by atoms with van der Waals surface area (Å²) in [6.07, 6.45) is 2.79. The van der Waals surface area contributed by atoms with Gasteiger partial charge < -0.3 is 10.6 Å². The number of pyridine rings is 1. The van der Waals surface area contributed by atoms with Gasteiger partial charge in [-0.3, -0.25) is 9.98 Å². The first kappa shape index (κ1) is 19.0. The summed E-state index contributed by atoms with van der Waals surface area (Å²) in [6.45, 7) is 10.3. The van der Waals surface area contributed by atoms with Gasteiger partial charge in [-0.1, -0.05) is 51.1 Å². The first-order valence-electron chi connectivity index (χ1n) is 8.84. The van der Waals surface area contributed by atoms with Crippen LogP contribution in [0.25, 0.3) is 0 Å². The number of benzene rings is 1. The zero-order chi connectivity index (χ0) is 18.3. The summed E-state index contributed by atoms with van der Waals surface area (Å²) in [6, 6.07) is 12.9. The zero-order valence-corrected chi connectivity index (χ0v) is 16.1. The first-order valence-corrected chi connectivity index (χ1v) is 8.84. The Labute approximate surface area is 151 Å². The summed E-state index contributed by atoms with van der Waals surface area (Å²) in [5, 5.41) is 6.68. The maximum atomic E-state index is 4.40. The van der Waals surface area contributed by atoms with Gasteiger partial charge >= 0.3 is 0 Å². The van der Waals surface area contributed by atoms with E-state index in [1.807, 2.05) is 12.3 Å². The van der Waals surface area contributed by atoms with Crippen molar-refractivity contribution in [2.24, 2.45) is 4.99 Å². The molecule has 4 heteroatoms. The molecule has 25 heavy (non-hydrogen) atoms. The van der Waals surface area contributed by atoms with E-state index in [1.54, 1.807) is 7.05 Å². The molecule has 0 aliphatic carbocycles. The Bertz CT molecular complexity index is 697. The molecule has 0 aliphatic rings. The number of aryl methyl sites for hydroxylation is 1. The van der Waals surface area contributed by atoms with Gasteiger partial charge in [0.15, 0.2) is 5.96 Å². The lowest BCUT2D eigenvalue weighted by molar-refractivity contribution is 0.590. The van der Waals surface area contributed by atoms with Crippen molar-refractivity contribution in [3.63, 3.8) is 0 Å². The molecule has 134 valence electrons. The van der Waals surface area contributed by atoms with Crippen LogP contribution < -0.4 is 10.6 Å². The predicted octanol–water partition coefficient (Wildman–Crippen LogP) is 3.60. The molecule has 1 heterocycles. The maximum Gasteiger partial charge on any atom is 0.191 e. The first-order chi connectivity index (χ1) is 11.9. The molecule has 0 atom stereocenters. The Morgan fingerprint density at radius 2 is 1.80 bits per heavy atom. The van der Waals surface area contributed by atoms with Gasteiger partial charge in [-0.25, -0.2) is 0 Å². The van der Waals surface area contributed by atoms with E-state index in [-0.39, 0.29) is 5.41 Å². The highest BCUT2D eigenvalue weighted by Crippen LogP contribution is 2.22. The molecule has 2 N–H and O–H groups in total. The molecule has 0 aliphatic heterocycles. The number of nitrogens with zero attached hydrogens (tertiary/aromatic N) is 2. The van der Waals surface area contributed by atoms with Crippen LogP contribution in [0.2, 0.25) is 0 Å². The van der Waals surface area contributed by atoms with E-state index < -0.39 is 0 Å². The number of hydrogen-bond donors (Lipinski definition) is 2. The van der Waals surface area contributed by atoms with Gasteiger partial charge in [-0.15, -0.1) is 0 Å². The summed E-state index contributed by atoms with van der Waals surface area (Å²) >= 11 is 0. The number of aromatic nitrogens is 1. The van der Waals surface area contributed by atoms with Gasteiger partial charge in [0.1, 0.15) is 0 Å². The van der Waals surface area contributed by atoms with E-state index in [9.17, 15) is 0 Å². The number of hydrogen-bond acceptors (Lipinski definition) is 2. The average Bonchev–Trinajstić information content (AvgIpc) is 2.59. The van der Waals surface area contributed by atoms with Gasteiger partial charge in [0.05, 0.1) is 12.2 Å². The van der Waals surface area contributed by atoms with Crippen LogP contribution in [0.3, 0.4) is 0 Å². The van der Waals surface area contributed by atoms with Gasteiger partial charge in [-0.2, -0.15) is 0 Å². The third-order valence-corrected chi connectivity index (χ3v) is 4.29. The second kappa shape index (κ2) is 8.65. The fraction of sp³-hybridized carbons (Fsp3) is 0.429. The minimum atomic E-state index is 0.201. The van der Waals surface area contributed by atoms with E-state index >= 15 is 0 Å². The highest BCUT2D eigenvalue weighted by Gasteiger charge is 2.12. The lowest BCUT2D eigenvalue weighted by Crippen LogP contribution is -2.38. The number of aliphatic imine (C=N–C) groups is 1. The molecule has 1 aromatic carbocycles. The Morgan fingerprint density at radius 3 is 2.40 bits per heavy atom. The molecule has 2 aromatic rings. The third kappa shape index (κ3) is 5.89. The molecule has 0 amide bonds. The van der Waals surface area contributed by atoms with Crippen molar-refractivity contribution >= 4 is 5.96 Å². The monoisotopic (exact) mass is 338 g/mol. The maximum absolute atomic E-state index is 4.40. The minimum Gasteiger partial charge on any atom is -0.356 e. The minimum absolute atomic E-state index is 0.201. The van der Waals surface area contributed by atoms with Crippen LogP contribution in [0.4, 0.5) is 0 Å². The lowest BCUT2D eigenvalue weighted by Gasteiger charge is -2.19. The fourth-order valence-electron chi connectivity index (χ4n) is 2.59. The molecular weight excluding hydrogens is 308 g/mol. The van der Waals surface area contributed by atoms with Crippen LogP contribution in [0.5, 0.6) is 0 Å². The molecule has 0 bridgehead atoms. The van der Waals surface area contributed by atoms with Crippen molar-refractivity contribution in [2.45, 2.75) is 46.1 Å². The Kier molecular flexibility index (Phi) is 6.57. The van der Waals surface area contributed by atoms with E-state index in [0.29, 0.717) is 6.54 Å². The van der Waals surface area contributed by atoms with Crippen molar-refractivity contribution in [1.82, 2.24) is 15.6 Å². The molecule has 0 radical (unpaired) electrons. The standard InChI is InChI=1S/C21H30N4/c1-16-7-6-13-23-19(16)15-25-20(22-5)24-14-12-17-8-10-18(11-9-17)21(2,3)4/h6-11,13H,12,14-15H2,1-5H3,(H2,22,24,25). The van der Waals surface area contributed by atoms with Crippen LogP contribution in [0, 0.1) is 6.92 Å². The van der Waals surface area contributed by atoms with Crippen LogP contribution in [0.1, 0.15) is 43.2 Å². The average molecular weight is 338 g/mol. The van der Waals surface area contributed by atoms with E-state index in [0.717, 1.165) is 24.6 Å². The molecule has 4 nitrogen and oxygen atoms in total. The molecule has 2 rings (SSSR count). The SMILES string of the molecule is CN=C(NCCc1ccc(C(C)(C)C)cc1)NCc1ncccc1C. The van der Waals surface area contributed by atoms with Crippen molar-refractivity contribution in [2.75, 3.05) is 13.6 Å². The zero-order valence-electron chi connectivity index (χ0n) is 16.1. The van der Waals surface area contributed by atoms with Crippen LogP contribution >= 0.6 is 0 Å². The molecule has 1 aromatic heterocycles. The van der Waals surface area contributed by atoms with E-state index in [4.69, 9.17) is 0 Å². The highest BCUT2D eigenvalue weighted by atomic mass is 15.2. The molecule has 0 saturated carbocycles. The topological polar surface area (TPSA) is 49.3 Å². The normalized spacial score (nSPS) is 12.1. The molecular formula is C21H30N4. The van der Waals surface area contributed by atoms with Crippen LogP contribution in [-0.2, 0) is 18.4 Å². The summed E-state index contributed by atoms with van der Waals surface area (Å²) < 4.78 is 0. The second-order valence-corrected chi connectivity index (χ2v) is 7.32. The largest absolute Gasteiger partial charge is 0.356 e. The van der Waals surface area contributed by atoms with Crippen molar-refractivity contribution in [3.8, 4) is 0 Å². The van der Waals surface area contributed by atoms with Gasteiger partial charge in [0.2, 0.25) is 0 Å². The molecule has 0 saturated heterocycles. The smallest absolute Gasteiger partial charge is 0.191 e. The molecule has 0 fully saturated rings. The van der Waals surface area contributed by atoms with Gasteiger partial charge in [-0.05, 0) is 41.5 Å². The summed E-state index contributed by atoms with van der Waals surface area (Å²) in [4.78, 5) is 8.67. The number of nitrogens with one attached hydrogen (secondary N) is 2. The summed E-state index contributed by atoms with van der Waals surface area (Å²) in [7, 11) is 1.79. The van der Waals surface area contributed by atoms with Crippen molar-refractivity contribution in [1.29, 1.82) is 0 Å². The third-order valence-electron chi connectivity index (χ3n) is 4.29. The molecule has 0 spiro atoms. The second-order valence-electron chi connectivity index (χ2n) is 7.32. The quantitative estimate of drug-likeness (QED) is 0.647. The van der Waals surface area contributed by atoms with E-state index in [2.05, 4.69) is 78.6 Å². The Balaban J connectivity index is 1.80. The van der Waals surface area contributed by atoms with Gasteiger partial charge in [0.25, 0.3) is 0 Å². The van der Waals surface area contributed by atoms with Crippen LogP contribution in [-0.4, -0.2) is 24.5 Å². The lowest BCUT2D eigenvalue weighted by atomic mass is 9.86. The van der Waals surface area contributed by atoms with E-state index in [1.165, 1.54) is 16.7 Å². The number of guanidine groups is 1. The Morgan fingerprint density at radius 1 is 1.08 bits per heavy atom. The summed E-state index contributed by atoms with van der Waals surface area (Å²) in [5.74, 6) is 0.802. The number of rotatable bonds is 5. The summed E-state index contributed by atoms with van der Waals surface area (Å²) in [5.41, 5.74) is 5.13.